The molecule has 0 saturated carbocycles. The van der Waals surface area contributed by atoms with Gasteiger partial charge in [0, 0.05) is 16.9 Å². The Morgan fingerprint density at radius 2 is 1.80 bits per heavy atom. The predicted octanol–water partition coefficient (Wildman–Crippen LogP) is 6.50. The zero-order valence-electron chi connectivity index (χ0n) is 20.5. The lowest BCUT2D eigenvalue weighted by Crippen LogP contribution is -2.16. The molecule has 0 aliphatic heterocycles. The van der Waals surface area contributed by atoms with E-state index in [9.17, 15) is 4.79 Å². The molecule has 0 radical (unpaired) electrons. The Labute approximate surface area is 210 Å². The first-order valence-corrected chi connectivity index (χ1v) is 12.7. The minimum absolute atomic E-state index is 0.0820. The Morgan fingerprint density at radius 3 is 2.51 bits per heavy atom. The van der Waals surface area contributed by atoms with Gasteiger partial charge in [0.15, 0.2) is 11.0 Å². The highest BCUT2D eigenvalue weighted by Crippen LogP contribution is 2.30. The zero-order chi connectivity index (χ0) is 24.8. The molecule has 6 nitrogen and oxygen atoms in total. The highest BCUT2D eigenvalue weighted by atomic mass is 32.2. The first kappa shape index (κ1) is 24.5. The van der Waals surface area contributed by atoms with Crippen LogP contribution in [0.4, 0.5) is 5.69 Å². The number of carbonyl (C=O) groups excluding carboxylic acids is 1. The van der Waals surface area contributed by atoms with E-state index in [4.69, 9.17) is 4.74 Å². The van der Waals surface area contributed by atoms with Gasteiger partial charge in [0.05, 0.1) is 12.4 Å². The van der Waals surface area contributed by atoms with Crippen LogP contribution in [-0.2, 0) is 4.79 Å². The first-order chi connectivity index (χ1) is 17.0. The highest BCUT2D eigenvalue weighted by Gasteiger charge is 2.18. The van der Waals surface area contributed by atoms with Crippen molar-refractivity contribution in [1.82, 2.24) is 14.8 Å². The number of rotatable bonds is 9. The summed E-state index contributed by atoms with van der Waals surface area (Å²) >= 11 is 1.36. The summed E-state index contributed by atoms with van der Waals surface area (Å²) < 4.78 is 7.59. The molecular formula is C28H30N4O2S. The summed E-state index contributed by atoms with van der Waals surface area (Å²) in [6.07, 6.45) is 0. The summed E-state index contributed by atoms with van der Waals surface area (Å²) in [6.45, 7) is 8.85. The van der Waals surface area contributed by atoms with E-state index in [0.29, 0.717) is 17.7 Å². The number of benzene rings is 3. The van der Waals surface area contributed by atoms with Crippen LogP contribution in [0, 0.1) is 6.92 Å². The van der Waals surface area contributed by atoms with Crippen molar-refractivity contribution in [2.45, 2.75) is 38.8 Å². The molecule has 35 heavy (non-hydrogen) atoms. The SMILES string of the molecule is CCOc1ccc(-n2c(SCC(=O)Nc3ccccc3C(C)C)nnc2-c2cccc(C)c2)cc1. The quantitative estimate of drug-likeness (QED) is 0.274. The summed E-state index contributed by atoms with van der Waals surface area (Å²) in [6, 6.07) is 23.9. The molecule has 1 N–H and O–H groups in total. The number of aryl methyl sites for hydroxylation is 1. The van der Waals surface area contributed by atoms with Gasteiger partial charge in [-0.15, -0.1) is 10.2 Å². The van der Waals surface area contributed by atoms with E-state index < -0.39 is 0 Å². The largest absolute Gasteiger partial charge is 0.494 e. The van der Waals surface area contributed by atoms with Crippen LogP contribution in [0.5, 0.6) is 5.75 Å². The minimum atomic E-state index is -0.0820. The fourth-order valence-corrected chi connectivity index (χ4v) is 4.61. The topological polar surface area (TPSA) is 69.0 Å². The number of hydrogen-bond donors (Lipinski definition) is 1. The average Bonchev–Trinajstić information content (AvgIpc) is 3.28. The van der Waals surface area contributed by atoms with Crippen molar-refractivity contribution in [2.24, 2.45) is 0 Å². The molecule has 0 aliphatic rings. The standard InChI is InChI=1S/C28H30N4O2S/c1-5-34-23-15-13-22(14-16-23)32-27(21-10-8-9-20(4)17-21)30-31-28(32)35-18-26(33)29-25-12-7-6-11-24(25)19(2)3/h6-17,19H,5,18H2,1-4H3,(H,29,33). The minimum Gasteiger partial charge on any atom is -0.494 e. The molecule has 1 heterocycles. The van der Waals surface area contributed by atoms with Crippen LogP contribution in [0.15, 0.2) is 78.0 Å². The van der Waals surface area contributed by atoms with Crippen LogP contribution in [0.2, 0.25) is 0 Å². The summed E-state index contributed by atoms with van der Waals surface area (Å²) in [7, 11) is 0. The van der Waals surface area contributed by atoms with Gasteiger partial charge in [-0.2, -0.15) is 0 Å². The summed E-state index contributed by atoms with van der Waals surface area (Å²) in [4.78, 5) is 12.8. The number of anilines is 1. The molecule has 0 atom stereocenters. The van der Waals surface area contributed by atoms with Crippen LogP contribution >= 0.6 is 11.8 Å². The molecule has 0 saturated heterocycles. The molecule has 0 fully saturated rings. The normalized spacial score (nSPS) is 11.0. The van der Waals surface area contributed by atoms with Crippen LogP contribution in [0.3, 0.4) is 0 Å². The Hall–Kier alpha value is -3.58. The molecule has 4 aromatic rings. The molecule has 0 unspecified atom stereocenters. The fourth-order valence-electron chi connectivity index (χ4n) is 3.86. The smallest absolute Gasteiger partial charge is 0.234 e. The third kappa shape index (κ3) is 5.92. The van der Waals surface area contributed by atoms with Crippen LogP contribution in [-0.4, -0.2) is 33.0 Å². The van der Waals surface area contributed by atoms with Crippen LogP contribution in [0.25, 0.3) is 17.1 Å². The van der Waals surface area contributed by atoms with Crippen molar-refractivity contribution in [2.75, 3.05) is 17.7 Å². The van der Waals surface area contributed by atoms with Crippen molar-refractivity contribution in [1.29, 1.82) is 0 Å². The molecular weight excluding hydrogens is 456 g/mol. The molecule has 1 amide bonds. The van der Waals surface area contributed by atoms with E-state index >= 15 is 0 Å². The van der Waals surface area contributed by atoms with Gasteiger partial charge < -0.3 is 10.1 Å². The fraction of sp³-hybridized carbons (Fsp3) is 0.250. The maximum atomic E-state index is 12.8. The summed E-state index contributed by atoms with van der Waals surface area (Å²) in [5, 5.41) is 12.6. The van der Waals surface area contributed by atoms with Crippen molar-refractivity contribution in [3.63, 3.8) is 0 Å². The molecule has 7 heteroatoms. The number of thioether (sulfide) groups is 1. The third-order valence-electron chi connectivity index (χ3n) is 5.50. The number of carbonyl (C=O) groups is 1. The third-order valence-corrected chi connectivity index (χ3v) is 6.43. The summed E-state index contributed by atoms with van der Waals surface area (Å²) in [5.74, 6) is 1.99. The van der Waals surface area contributed by atoms with Gasteiger partial charge in [-0.3, -0.25) is 9.36 Å². The second-order valence-corrected chi connectivity index (χ2v) is 9.46. The van der Waals surface area contributed by atoms with Crippen LogP contribution in [0.1, 0.15) is 37.8 Å². The van der Waals surface area contributed by atoms with Gasteiger partial charge in [-0.25, -0.2) is 0 Å². The number of amides is 1. The Balaban J connectivity index is 1.60. The lowest BCUT2D eigenvalue weighted by molar-refractivity contribution is -0.113. The van der Waals surface area contributed by atoms with Gasteiger partial charge in [-0.05, 0) is 61.7 Å². The molecule has 0 spiro atoms. The van der Waals surface area contributed by atoms with E-state index in [0.717, 1.165) is 39.6 Å². The Kier molecular flexibility index (Phi) is 7.87. The van der Waals surface area contributed by atoms with Gasteiger partial charge in [0.2, 0.25) is 5.91 Å². The Morgan fingerprint density at radius 1 is 1.03 bits per heavy atom. The number of aromatic nitrogens is 3. The Bertz CT molecular complexity index is 1300. The maximum Gasteiger partial charge on any atom is 0.234 e. The van der Waals surface area contributed by atoms with Crippen molar-refractivity contribution < 1.29 is 9.53 Å². The highest BCUT2D eigenvalue weighted by molar-refractivity contribution is 7.99. The number of nitrogens with one attached hydrogen (secondary N) is 1. The van der Waals surface area contributed by atoms with E-state index in [1.165, 1.54) is 11.8 Å². The summed E-state index contributed by atoms with van der Waals surface area (Å²) in [5.41, 5.74) is 4.98. The van der Waals surface area contributed by atoms with Crippen molar-refractivity contribution in [3.05, 3.63) is 83.9 Å². The molecule has 0 bridgehead atoms. The zero-order valence-corrected chi connectivity index (χ0v) is 21.3. The van der Waals surface area contributed by atoms with Crippen LogP contribution < -0.4 is 10.1 Å². The molecule has 0 aliphatic carbocycles. The second-order valence-electron chi connectivity index (χ2n) is 8.52. The molecule has 180 valence electrons. The van der Waals surface area contributed by atoms with Gasteiger partial charge in [-0.1, -0.05) is 67.6 Å². The lowest BCUT2D eigenvalue weighted by Gasteiger charge is -2.14. The number of hydrogen-bond acceptors (Lipinski definition) is 5. The van der Waals surface area contributed by atoms with E-state index in [2.05, 4.69) is 48.4 Å². The van der Waals surface area contributed by atoms with E-state index in [-0.39, 0.29) is 11.7 Å². The lowest BCUT2D eigenvalue weighted by atomic mass is 10.0. The van der Waals surface area contributed by atoms with Crippen molar-refractivity contribution >= 4 is 23.4 Å². The van der Waals surface area contributed by atoms with Crippen molar-refractivity contribution in [3.8, 4) is 22.8 Å². The van der Waals surface area contributed by atoms with Gasteiger partial charge >= 0.3 is 0 Å². The van der Waals surface area contributed by atoms with Gasteiger partial charge in [0.25, 0.3) is 0 Å². The first-order valence-electron chi connectivity index (χ1n) is 11.7. The monoisotopic (exact) mass is 486 g/mol. The van der Waals surface area contributed by atoms with Gasteiger partial charge in [0.1, 0.15) is 5.75 Å². The number of nitrogens with zero attached hydrogens (tertiary/aromatic N) is 3. The van der Waals surface area contributed by atoms with E-state index in [1.54, 1.807) is 0 Å². The maximum absolute atomic E-state index is 12.8. The van der Waals surface area contributed by atoms with E-state index in [1.807, 2.05) is 72.2 Å². The molecule has 4 rings (SSSR count). The average molecular weight is 487 g/mol. The molecule has 1 aromatic heterocycles. The number of para-hydroxylation sites is 1. The predicted molar refractivity (Wildman–Crippen MR) is 143 cm³/mol. The number of ether oxygens (including phenoxy) is 1. The second kappa shape index (κ2) is 11.2. The molecule has 3 aromatic carbocycles.